The van der Waals surface area contributed by atoms with Crippen LogP contribution in [0.4, 0.5) is 5.82 Å². The number of anilines is 1. The maximum atomic E-state index is 5.99. The first kappa shape index (κ1) is 14.5. The summed E-state index contributed by atoms with van der Waals surface area (Å²) >= 11 is 12.0. The number of aryl methyl sites for hydroxylation is 1. The van der Waals surface area contributed by atoms with E-state index < -0.39 is 0 Å². The topological polar surface area (TPSA) is 37.8 Å². The number of nitrogens with zero attached hydrogens (tertiary/aromatic N) is 2. The summed E-state index contributed by atoms with van der Waals surface area (Å²) in [7, 11) is 0. The monoisotopic (exact) mass is 275 g/mol. The Labute approximate surface area is 113 Å². The van der Waals surface area contributed by atoms with Gasteiger partial charge in [0.2, 0.25) is 0 Å². The molecule has 0 spiro atoms. The third kappa shape index (κ3) is 4.00. The lowest BCUT2D eigenvalue weighted by Crippen LogP contribution is -2.42. The van der Waals surface area contributed by atoms with Gasteiger partial charge < -0.3 is 5.32 Å². The molecular weight excluding hydrogens is 257 g/mol. The van der Waals surface area contributed by atoms with Crippen LogP contribution in [0.2, 0.25) is 0 Å². The average Bonchev–Trinajstić information content (AvgIpc) is 2.37. The van der Waals surface area contributed by atoms with Crippen LogP contribution in [-0.4, -0.2) is 27.3 Å². The fraction of sp³-hybridized carbons (Fsp3) is 0.667. The lowest BCUT2D eigenvalue weighted by Gasteiger charge is -2.30. The fourth-order valence-corrected chi connectivity index (χ4v) is 2.31. The molecule has 0 saturated carbocycles. The van der Waals surface area contributed by atoms with Gasteiger partial charge in [0.05, 0.1) is 5.54 Å². The molecule has 0 saturated heterocycles. The van der Waals surface area contributed by atoms with Gasteiger partial charge in [-0.15, -0.1) is 23.2 Å². The fourth-order valence-electron chi connectivity index (χ4n) is 1.51. The molecule has 0 aromatic carbocycles. The minimum Gasteiger partial charge on any atom is -0.362 e. The average molecular weight is 276 g/mol. The van der Waals surface area contributed by atoms with Crippen molar-refractivity contribution in [3.63, 3.8) is 0 Å². The molecule has 0 aliphatic heterocycles. The maximum Gasteiger partial charge on any atom is 0.130 e. The molecule has 3 nitrogen and oxygen atoms in total. The Balaban J connectivity index is 2.82. The molecule has 1 heterocycles. The van der Waals surface area contributed by atoms with E-state index in [0.717, 1.165) is 30.8 Å². The summed E-state index contributed by atoms with van der Waals surface area (Å²) < 4.78 is 0. The highest BCUT2D eigenvalue weighted by Gasteiger charge is 2.26. The highest BCUT2D eigenvalue weighted by Crippen LogP contribution is 2.21. The Kier molecular flexibility index (Phi) is 6.00. The summed E-state index contributed by atoms with van der Waals surface area (Å²) in [5.74, 6) is 1.71. The predicted octanol–water partition coefficient (Wildman–Crippen LogP) is 3.47. The van der Waals surface area contributed by atoms with Gasteiger partial charge in [0, 0.05) is 23.5 Å². The van der Waals surface area contributed by atoms with E-state index in [1.165, 1.54) is 0 Å². The van der Waals surface area contributed by atoms with Crippen molar-refractivity contribution in [1.82, 2.24) is 9.97 Å². The molecule has 0 bridgehead atoms. The lowest BCUT2D eigenvalue weighted by atomic mass is 10.0. The SMILES string of the molecule is CCCc1cc(NC(CC)(CCl)CCl)ncn1. The van der Waals surface area contributed by atoms with Crippen LogP contribution in [-0.2, 0) is 6.42 Å². The highest BCUT2D eigenvalue weighted by molar-refractivity contribution is 6.22. The highest BCUT2D eigenvalue weighted by atomic mass is 35.5. The molecule has 0 aliphatic rings. The van der Waals surface area contributed by atoms with Crippen molar-refractivity contribution < 1.29 is 0 Å². The number of nitrogens with one attached hydrogen (secondary N) is 1. The Morgan fingerprint density at radius 3 is 2.47 bits per heavy atom. The van der Waals surface area contributed by atoms with E-state index in [2.05, 4.69) is 29.1 Å². The minimum atomic E-state index is -0.291. The van der Waals surface area contributed by atoms with Crippen molar-refractivity contribution in [2.24, 2.45) is 0 Å². The van der Waals surface area contributed by atoms with Crippen molar-refractivity contribution in [1.29, 1.82) is 0 Å². The first-order valence-corrected chi connectivity index (χ1v) is 6.97. The van der Waals surface area contributed by atoms with Gasteiger partial charge in [0.1, 0.15) is 12.1 Å². The molecule has 1 aromatic heterocycles. The Bertz CT molecular complexity index is 332. The van der Waals surface area contributed by atoms with Crippen molar-refractivity contribution >= 4 is 29.0 Å². The number of hydrogen-bond acceptors (Lipinski definition) is 3. The molecule has 96 valence electrons. The summed E-state index contributed by atoms with van der Waals surface area (Å²) in [4.78, 5) is 8.43. The quantitative estimate of drug-likeness (QED) is 0.775. The molecular formula is C12H19Cl2N3. The van der Waals surface area contributed by atoms with Gasteiger partial charge in [-0.2, -0.15) is 0 Å². The van der Waals surface area contributed by atoms with Crippen molar-refractivity contribution in [3.05, 3.63) is 18.1 Å². The molecule has 0 amide bonds. The molecule has 0 aliphatic carbocycles. The van der Waals surface area contributed by atoms with Gasteiger partial charge >= 0.3 is 0 Å². The van der Waals surface area contributed by atoms with E-state index in [1.54, 1.807) is 6.33 Å². The number of aromatic nitrogens is 2. The van der Waals surface area contributed by atoms with Gasteiger partial charge in [0.15, 0.2) is 0 Å². The number of alkyl halides is 2. The second kappa shape index (κ2) is 7.02. The zero-order chi connectivity index (χ0) is 12.7. The normalized spacial score (nSPS) is 11.5. The first-order valence-electron chi connectivity index (χ1n) is 5.90. The first-order chi connectivity index (χ1) is 8.19. The van der Waals surface area contributed by atoms with Crippen LogP contribution in [0.1, 0.15) is 32.4 Å². The zero-order valence-electron chi connectivity index (χ0n) is 10.3. The maximum absolute atomic E-state index is 5.99. The lowest BCUT2D eigenvalue weighted by molar-refractivity contribution is 0.557. The van der Waals surface area contributed by atoms with Gasteiger partial charge in [-0.3, -0.25) is 0 Å². The third-order valence-corrected chi connectivity index (χ3v) is 3.83. The summed E-state index contributed by atoms with van der Waals surface area (Å²) in [6.07, 6.45) is 4.46. The predicted molar refractivity (Wildman–Crippen MR) is 74.1 cm³/mol. The van der Waals surface area contributed by atoms with Crippen LogP contribution in [0.15, 0.2) is 12.4 Å². The zero-order valence-corrected chi connectivity index (χ0v) is 11.9. The summed E-state index contributed by atoms with van der Waals surface area (Å²) in [5, 5.41) is 3.33. The van der Waals surface area contributed by atoms with E-state index in [4.69, 9.17) is 23.2 Å². The molecule has 1 N–H and O–H groups in total. The van der Waals surface area contributed by atoms with Crippen molar-refractivity contribution in [2.45, 2.75) is 38.6 Å². The summed E-state index contributed by atoms with van der Waals surface area (Å²) in [6.45, 7) is 4.19. The Morgan fingerprint density at radius 1 is 1.24 bits per heavy atom. The Morgan fingerprint density at radius 2 is 1.94 bits per heavy atom. The minimum absolute atomic E-state index is 0.291. The molecule has 5 heteroatoms. The van der Waals surface area contributed by atoms with E-state index in [0.29, 0.717) is 11.8 Å². The van der Waals surface area contributed by atoms with Gasteiger partial charge in [-0.1, -0.05) is 20.3 Å². The van der Waals surface area contributed by atoms with Gasteiger partial charge in [-0.25, -0.2) is 9.97 Å². The summed E-state index contributed by atoms with van der Waals surface area (Å²) in [5.41, 5.74) is 0.750. The third-order valence-electron chi connectivity index (χ3n) is 2.81. The molecule has 17 heavy (non-hydrogen) atoms. The number of hydrogen-bond donors (Lipinski definition) is 1. The van der Waals surface area contributed by atoms with E-state index >= 15 is 0 Å². The van der Waals surface area contributed by atoms with Crippen LogP contribution >= 0.6 is 23.2 Å². The van der Waals surface area contributed by atoms with Crippen LogP contribution < -0.4 is 5.32 Å². The van der Waals surface area contributed by atoms with E-state index in [1.807, 2.05) is 6.07 Å². The molecule has 0 radical (unpaired) electrons. The van der Waals surface area contributed by atoms with Crippen LogP contribution in [0.5, 0.6) is 0 Å². The van der Waals surface area contributed by atoms with E-state index in [9.17, 15) is 0 Å². The van der Waals surface area contributed by atoms with Crippen LogP contribution in [0.25, 0.3) is 0 Å². The van der Waals surface area contributed by atoms with Gasteiger partial charge in [0.25, 0.3) is 0 Å². The molecule has 1 rings (SSSR count). The van der Waals surface area contributed by atoms with Crippen LogP contribution in [0.3, 0.4) is 0 Å². The largest absolute Gasteiger partial charge is 0.362 e. The number of halogens is 2. The second-order valence-electron chi connectivity index (χ2n) is 4.17. The molecule has 1 aromatic rings. The smallest absolute Gasteiger partial charge is 0.130 e. The van der Waals surface area contributed by atoms with Crippen molar-refractivity contribution in [2.75, 3.05) is 17.1 Å². The van der Waals surface area contributed by atoms with Gasteiger partial charge in [-0.05, 0) is 12.8 Å². The second-order valence-corrected chi connectivity index (χ2v) is 4.71. The standard InChI is InChI=1S/C12H19Cl2N3/c1-3-5-10-6-11(16-9-15-10)17-12(4-2,7-13)8-14/h6,9H,3-5,7-8H2,1-2H3,(H,15,16,17). The summed E-state index contributed by atoms with van der Waals surface area (Å²) in [6, 6.07) is 1.97. The van der Waals surface area contributed by atoms with Crippen molar-refractivity contribution in [3.8, 4) is 0 Å². The Hall–Kier alpha value is -0.540. The number of rotatable bonds is 7. The molecule has 0 unspecified atom stereocenters. The van der Waals surface area contributed by atoms with Crippen LogP contribution in [0, 0.1) is 0 Å². The molecule has 0 atom stereocenters. The molecule has 0 fully saturated rings. The van der Waals surface area contributed by atoms with E-state index in [-0.39, 0.29) is 5.54 Å².